The van der Waals surface area contributed by atoms with Gasteiger partial charge in [0, 0.05) is 17.0 Å². The highest BCUT2D eigenvalue weighted by molar-refractivity contribution is 6.15. The number of aliphatic hydroxyl groups is 1. The van der Waals surface area contributed by atoms with Crippen molar-refractivity contribution < 1.29 is 40.6 Å². The largest absolute Gasteiger partial charge is 0.430 e. The van der Waals surface area contributed by atoms with E-state index in [-0.39, 0.29) is 23.6 Å². The highest BCUT2D eigenvalue weighted by Gasteiger charge is 2.71. The standard InChI is InChI=1S/C26H16F7NO2/c27-19-12-16(24(36,25(28,29)30)26(31,32)33)8-11-20(19)34-23(35)18-10-7-15-5-4-13-2-1-3-14-6-9-17(18)22(15)21(13)14/h1-2,4-13,36H,3H2,(H,34,35). The molecule has 0 bridgehead atoms. The van der Waals surface area contributed by atoms with Crippen molar-refractivity contribution in [3.8, 4) is 0 Å². The van der Waals surface area contributed by atoms with Gasteiger partial charge >= 0.3 is 12.4 Å². The zero-order valence-electron chi connectivity index (χ0n) is 18.1. The van der Waals surface area contributed by atoms with E-state index in [1.165, 1.54) is 6.07 Å². The van der Waals surface area contributed by atoms with Crippen LogP contribution in [0.3, 0.4) is 0 Å². The van der Waals surface area contributed by atoms with Gasteiger partial charge in [0.25, 0.3) is 11.5 Å². The minimum absolute atomic E-state index is 0.0364. The molecule has 2 aliphatic rings. The number of carbonyl (C=O) groups excluding carboxylic acids is 1. The Hall–Kier alpha value is -3.66. The molecule has 3 nitrogen and oxygen atoms in total. The molecule has 10 heteroatoms. The lowest BCUT2D eigenvalue weighted by Crippen LogP contribution is -2.54. The SMILES string of the molecule is O=C(Nc1ccc(C(O)(C(F)(F)F)C(F)(F)F)cc1F)c1ccc2c3c4c(ccc13)CC=CC4C=C2. The van der Waals surface area contributed by atoms with Crippen LogP contribution in [0.4, 0.5) is 36.4 Å². The predicted octanol–water partition coefficient (Wildman–Crippen LogP) is 6.77. The molecule has 36 heavy (non-hydrogen) atoms. The van der Waals surface area contributed by atoms with Crippen molar-refractivity contribution in [3.05, 3.63) is 94.3 Å². The first-order valence-electron chi connectivity index (χ1n) is 10.7. The molecule has 0 heterocycles. The summed E-state index contributed by atoms with van der Waals surface area (Å²) in [5.41, 5.74) is -4.48. The van der Waals surface area contributed by atoms with Gasteiger partial charge in [-0.2, -0.15) is 26.3 Å². The molecule has 0 radical (unpaired) electrons. The zero-order valence-corrected chi connectivity index (χ0v) is 18.1. The van der Waals surface area contributed by atoms with Crippen LogP contribution in [0.1, 0.15) is 38.5 Å². The normalized spacial score (nSPS) is 16.9. The summed E-state index contributed by atoms with van der Waals surface area (Å²) in [6.45, 7) is 0. The first kappa shape index (κ1) is 24.1. The molecule has 0 fully saturated rings. The number of nitrogens with one attached hydrogen (secondary N) is 1. The third-order valence-electron chi connectivity index (χ3n) is 6.54. The van der Waals surface area contributed by atoms with E-state index in [1.807, 2.05) is 24.3 Å². The van der Waals surface area contributed by atoms with Crippen LogP contribution in [0.25, 0.3) is 16.8 Å². The lowest BCUT2D eigenvalue weighted by molar-refractivity contribution is -0.376. The monoisotopic (exact) mass is 507 g/mol. The average molecular weight is 507 g/mol. The van der Waals surface area contributed by atoms with Crippen LogP contribution in [0.15, 0.2) is 60.7 Å². The van der Waals surface area contributed by atoms with Crippen molar-refractivity contribution in [3.63, 3.8) is 0 Å². The van der Waals surface area contributed by atoms with Gasteiger partial charge in [0.15, 0.2) is 0 Å². The number of hydrogen-bond acceptors (Lipinski definition) is 2. The van der Waals surface area contributed by atoms with E-state index in [9.17, 15) is 40.6 Å². The fourth-order valence-electron chi connectivity index (χ4n) is 4.76. The predicted molar refractivity (Wildman–Crippen MR) is 119 cm³/mol. The van der Waals surface area contributed by atoms with E-state index in [2.05, 4.69) is 11.4 Å². The van der Waals surface area contributed by atoms with Gasteiger partial charge in [-0.15, -0.1) is 0 Å². The molecular weight excluding hydrogens is 491 g/mol. The fourth-order valence-corrected chi connectivity index (χ4v) is 4.76. The summed E-state index contributed by atoms with van der Waals surface area (Å²) in [5, 5.41) is 13.1. The number of anilines is 1. The molecule has 1 atom stereocenters. The van der Waals surface area contributed by atoms with Crippen molar-refractivity contribution in [2.45, 2.75) is 30.3 Å². The minimum atomic E-state index is -6.16. The number of alkyl halides is 6. The van der Waals surface area contributed by atoms with Crippen LogP contribution in [0.2, 0.25) is 0 Å². The molecular formula is C26H16F7NO2. The molecule has 5 rings (SSSR count). The van der Waals surface area contributed by atoms with Crippen LogP contribution in [0.5, 0.6) is 0 Å². The molecule has 2 aliphatic carbocycles. The molecule has 1 unspecified atom stereocenters. The van der Waals surface area contributed by atoms with Crippen LogP contribution < -0.4 is 5.32 Å². The number of carbonyl (C=O) groups is 1. The lowest BCUT2D eigenvalue weighted by Gasteiger charge is -2.32. The first-order valence-corrected chi connectivity index (χ1v) is 10.7. The molecule has 186 valence electrons. The number of allylic oxidation sites excluding steroid dienone is 3. The topological polar surface area (TPSA) is 49.3 Å². The Morgan fingerprint density at radius 1 is 0.944 bits per heavy atom. The van der Waals surface area contributed by atoms with Gasteiger partial charge in [-0.05, 0) is 52.1 Å². The van der Waals surface area contributed by atoms with Crippen LogP contribution in [-0.4, -0.2) is 23.4 Å². The summed E-state index contributed by atoms with van der Waals surface area (Å²) in [6.07, 6.45) is -3.52. The first-order chi connectivity index (χ1) is 16.8. The van der Waals surface area contributed by atoms with Gasteiger partial charge < -0.3 is 10.4 Å². The third kappa shape index (κ3) is 3.50. The average Bonchev–Trinajstić information content (AvgIpc) is 2.81. The molecule has 0 saturated carbocycles. The highest BCUT2D eigenvalue weighted by atomic mass is 19.4. The Bertz CT molecular complexity index is 1450. The molecule has 0 spiro atoms. The fraction of sp³-hybridized carbons (Fsp3) is 0.192. The van der Waals surface area contributed by atoms with E-state index >= 15 is 0 Å². The highest BCUT2D eigenvalue weighted by Crippen LogP contribution is 2.50. The van der Waals surface area contributed by atoms with Crippen molar-refractivity contribution in [1.29, 1.82) is 0 Å². The smallest absolute Gasteiger partial charge is 0.369 e. The van der Waals surface area contributed by atoms with Crippen molar-refractivity contribution in [2.24, 2.45) is 0 Å². The van der Waals surface area contributed by atoms with Gasteiger partial charge in [-0.1, -0.05) is 48.6 Å². The van der Waals surface area contributed by atoms with Crippen molar-refractivity contribution in [2.75, 3.05) is 5.32 Å². The molecule has 1 amide bonds. The summed E-state index contributed by atoms with van der Waals surface area (Å²) in [4.78, 5) is 13.0. The minimum Gasteiger partial charge on any atom is -0.369 e. The van der Waals surface area contributed by atoms with E-state index in [4.69, 9.17) is 0 Å². The number of amides is 1. The Balaban J connectivity index is 1.52. The van der Waals surface area contributed by atoms with E-state index in [0.717, 1.165) is 28.5 Å². The number of hydrogen-bond donors (Lipinski definition) is 2. The Morgan fingerprint density at radius 2 is 1.67 bits per heavy atom. The van der Waals surface area contributed by atoms with Crippen molar-refractivity contribution in [1.82, 2.24) is 0 Å². The Kier molecular flexibility index (Phi) is 5.29. The Labute approximate surface area is 199 Å². The maximum absolute atomic E-state index is 14.6. The zero-order chi connectivity index (χ0) is 26.0. The molecule has 0 aliphatic heterocycles. The van der Waals surface area contributed by atoms with Crippen molar-refractivity contribution >= 4 is 28.4 Å². The maximum atomic E-state index is 14.6. The summed E-state index contributed by atoms with van der Waals surface area (Å²) in [5.74, 6) is -2.33. The number of rotatable bonds is 3. The third-order valence-corrected chi connectivity index (χ3v) is 6.54. The molecule has 3 aromatic carbocycles. The maximum Gasteiger partial charge on any atom is 0.430 e. The molecule has 3 aromatic rings. The van der Waals surface area contributed by atoms with E-state index < -0.39 is 40.9 Å². The van der Waals surface area contributed by atoms with Crippen LogP contribution >= 0.6 is 0 Å². The van der Waals surface area contributed by atoms with Crippen LogP contribution in [-0.2, 0) is 12.0 Å². The van der Waals surface area contributed by atoms with Crippen LogP contribution in [0, 0.1) is 5.82 Å². The van der Waals surface area contributed by atoms with E-state index in [1.54, 1.807) is 12.1 Å². The summed E-state index contributed by atoms with van der Waals surface area (Å²) in [7, 11) is 0. The van der Waals surface area contributed by atoms with E-state index in [0.29, 0.717) is 11.5 Å². The quantitative estimate of drug-likeness (QED) is 0.304. The summed E-state index contributed by atoms with van der Waals surface area (Å²) in [6, 6.07) is 7.62. The number of halogens is 7. The number of benzene rings is 3. The summed E-state index contributed by atoms with van der Waals surface area (Å²) < 4.78 is 93.3. The van der Waals surface area contributed by atoms with Gasteiger partial charge in [0.2, 0.25) is 0 Å². The second-order valence-corrected chi connectivity index (χ2v) is 8.64. The van der Waals surface area contributed by atoms with Gasteiger partial charge in [0.05, 0.1) is 5.69 Å². The second kappa shape index (κ2) is 7.92. The lowest BCUT2D eigenvalue weighted by atomic mass is 9.78. The molecule has 2 N–H and O–H groups in total. The van der Waals surface area contributed by atoms with Gasteiger partial charge in [0.1, 0.15) is 5.82 Å². The Morgan fingerprint density at radius 3 is 2.33 bits per heavy atom. The molecule has 0 aromatic heterocycles. The van der Waals surface area contributed by atoms with Gasteiger partial charge in [-0.3, -0.25) is 4.79 Å². The summed E-state index contributed by atoms with van der Waals surface area (Å²) >= 11 is 0. The van der Waals surface area contributed by atoms with Gasteiger partial charge in [-0.25, -0.2) is 4.39 Å². The molecule has 0 saturated heterocycles. The second-order valence-electron chi connectivity index (χ2n) is 8.64.